The smallest absolute Gasteiger partial charge is 0.0640 e. The van der Waals surface area contributed by atoms with Gasteiger partial charge in [0.2, 0.25) is 0 Å². The first-order valence-electron chi connectivity index (χ1n) is 19.8. The van der Waals surface area contributed by atoms with E-state index < -0.39 is 0 Å². The van der Waals surface area contributed by atoms with Crippen LogP contribution in [0.2, 0.25) is 0 Å². The number of benzene rings is 10. The fourth-order valence-corrected chi connectivity index (χ4v) is 9.98. The highest BCUT2D eigenvalue weighted by molar-refractivity contribution is 7.26. The molecular formula is C56H37NS. The van der Waals surface area contributed by atoms with Gasteiger partial charge in [-0.15, -0.1) is 11.3 Å². The molecule has 1 aromatic heterocycles. The van der Waals surface area contributed by atoms with Crippen LogP contribution in [0.25, 0.3) is 86.2 Å². The fourth-order valence-electron chi connectivity index (χ4n) is 8.77. The second kappa shape index (κ2) is 14.4. The van der Waals surface area contributed by atoms with Gasteiger partial charge in [-0.3, -0.25) is 0 Å². The number of hydrogen-bond donors (Lipinski definition) is 0. The molecule has 58 heavy (non-hydrogen) atoms. The van der Waals surface area contributed by atoms with E-state index in [1.54, 1.807) is 0 Å². The molecule has 0 fully saturated rings. The van der Waals surface area contributed by atoms with Crippen molar-refractivity contribution < 1.29 is 0 Å². The molecule has 0 amide bonds. The average Bonchev–Trinajstić information content (AvgIpc) is 3.69. The molecule has 1 heterocycles. The maximum Gasteiger partial charge on any atom is 0.0640 e. The quantitative estimate of drug-likeness (QED) is 0.146. The molecule has 0 bridgehead atoms. The Hall–Kier alpha value is -7.26. The van der Waals surface area contributed by atoms with Gasteiger partial charge in [0, 0.05) is 26.8 Å². The van der Waals surface area contributed by atoms with E-state index in [-0.39, 0.29) is 0 Å². The van der Waals surface area contributed by atoms with Crippen molar-refractivity contribution in [3.63, 3.8) is 0 Å². The van der Waals surface area contributed by atoms with Crippen LogP contribution in [0, 0.1) is 0 Å². The molecule has 11 rings (SSSR count). The zero-order valence-electron chi connectivity index (χ0n) is 31.7. The summed E-state index contributed by atoms with van der Waals surface area (Å²) in [4.78, 5) is 2.44. The number of rotatable bonds is 7. The van der Waals surface area contributed by atoms with Crippen molar-refractivity contribution in [2.75, 3.05) is 4.90 Å². The van der Waals surface area contributed by atoms with Gasteiger partial charge < -0.3 is 4.90 Å². The molecule has 272 valence electrons. The van der Waals surface area contributed by atoms with Crippen LogP contribution in [0.4, 0.5) is 17.1 Å². The second-order valence-corrected chi connectivity index (χ2v) is 15.9. The van der Waals surface area contributed by atoms with Gasteiger partial charge in [-0.1, -0.05) is 182 Å². The Balaban J connectivity index is 1.12. The molecule has 0 aliphatic rings. The van der Waals surface area contributed by atoms with Gasteiger partial charge in [0.15, 0.2) is 0 Å². The van der Waals surface area contributed by atoms with Crippen LogP contribution in [0.5, 0.6) is 0 Å². The molecule has 0 N–H and O–H groups in total. The number of anilines is 3. The minimum absolute atomic E-state index is 1.11. The normalized spacial score (nSPS) is 11.4. The largest absolute Gasteiger partial charge is 0.309 e. The molecule has 0 unspecified atom stereocenters. The molecule has 0 atom stereocenters. The van der Waals surface area contributed by atoms with E-state index in [9.17, 15) is 0 Å². The van der Waals surface area contributed by atoms with Crippen LogP contribution < -0.4 is 4.90 Å². The summed E-state index contributed by atoms with van der Waals surface area (Å²) in [6, 6.07) is 81.9. The summed E-state index contributed by atoms with van der Waals surface area (Å²) in [5, 5.41) is 7.60. The summed E-state index contributed by atoms with van der Waals surface area (Å²) < 4.78 is 2.57. The van der Waals surface area contributed by atoms with Crippen molar-refractivity contribution in [2.45, 2.75) is 0 Å². The van der Waals surface area contributed by atoms with E-state index in [1.807, 2.05) is 11.3 Å². The highest BCUT2D eigenvalue weighted by atomic mass is 32.1. The van der Waals surface area contributed by atoms with Crippen LogP contribution in [0.1, 0.15) is 0 Å². The van der Waals surface area contributed by atoms with Gasteiger partial charge in [0.25, 0.3) is 0 Å². The first-order valence-corrected chi connectivity index (χ1v) is 20.7. The molecule has 2 heteroatoms. The monoisotopic (exact) mass is 755 g/mol. The Morgan fingerprint density at radius 2 is 0.776 bits per heavy atom. The van der Waals surface area contributed by atoms with Crippen molar-refractivity contribution in [3.8, 4) is 44.5 Å². The van der Waals surface area contributed by atoms with Gasteiger partial charge in [-0.25, -0.2) is 0 Å². The van der Waals surface area contributed by atoms with Gasteiger partial charge >= 0.3 is 0 Å². The lowest BCUT2D eigenvalue weighted by atomic mass is 9.84. The summed E-state index contributed by atoms with van der Waals surface area (Å²) >= 11 is 1.87. The predicted molar refractivity (Wildman–Crippen MR) is 251 cm³/mol. The highest BCUT2D eigenvalue weighted by Gasteiger charge is 2.21. The van der Waals surface area contributed by atoms with Crippen LogP contribution in [0.15, 0.2) is 224 Å². The minimum Gasteiger partial charge on any atom is -0.309 e. The van der Waals surface area contributed by atoms with Gasteiger partial charge in [0.1, 0.15) is 0 Å². The maximum absolute atomic E-state index is 2.44. The summed E-state index contributed by atoms with van der Waals surface area (Å²) in [6.07, 6.45) is 0. The number of nitrogens with zero attached hydrogens (tertiary/aromatic N) is 1. The van der Waals surface area contributed by atoms with Gasteiger partial charge in [-0.2, -0.15) is 0 Å². The van der Waals surface area contributed by atoms with Gasteiger partial charge in [-0.05, 0) is 109 Å². The van der Waals surface area contributed by atoms with Crippen molar-refractivity contribution in [3.05, 3.63) is 224 Å². The van der Waals surface area contributed by atoms with E-state index in [0.717, 1.165) is 11.4 Å². The third-order valence-corrected chi connectivity index (χ3v) is 12.7. The van der Waals surface area contributed by atoms with E-state index in [1.165, 1.54) is 91.9 Å². The zero-order chi connectivity index (χ0) is 38.4. The molecule has 1 nitrogen and oxygen atoms in total. The second-order valence-electron chi connectivity index (χ2n) is 14.8. The number of thiophene rings is 1. The Morgan fingerprint density at radius 3 is 1.50 bits per heavy atom. The zero-order valence-corrected chi connectivity index (χ0v) is 32.5. The first kappa shape index (κ1) is 34.0. The van der Waals surface area contributed by atoms with Crippen molar-refractivity contribution in [1.82, 2.24) is 0 Å². The highest BCUT2D eigenvalue weighted by Crippen LogP contribution is 2.48. The number of fused-ring (bicyclic) bond motifs is 6. The lowest BCUT2D eigenvalue weighted by Gasteiger charge is -2.27. The Bertz CT molecular complexity index is 3260. The van der Waals surface area contributed by atoms with Crippen LogP contribution in [-0.4, -0.2) is 0 Å². The Kier molecular flexibility index (Phi) is 8.42. The molecule has 0 saturated heterocycles. The van der Waals surface area contributed by atoms with Crippen LogP contribution >= 0.6 is 11.3 Å². The van der Waals surface area contributed by atoms with Crippen molar-refractivity contribution in [2.24, 2.45) is 0 Å². The minimum atomic E-state index is 1.11. The molecule has 0 aliphatic heterocycles. The maximum atomic E-state index is 2.44. The molecule has 0 radical (unpaired) electrons. The lowest BCUT2D eigenvalue weighted by Crippen LogP contribution is -2.10. The van der Waals surface area contributed by atoms with E-state index in [4.69, 9.17) is 0 Å². The third-order valence-electron chi connectivity index (χ3n) is 11.4. The van der Waals surface area contributed by atoms with Crippen molar-refractivity contribution >= 4 is 70.1 Å². The third kappa shape index (κ3) is 5.86. The standard InChI is InChI=1S/C56H37NS/c1-4-16-38(17-5-1)39-30-33-44(34-31-39)57(52-28-15-27-50-48-25-12-13-29-53(48)58-56(50)52)45-23-14-22-42(36-45)43-32-35-47-46-24-10-11-26-49(46)54(40-18-6-2-7-19-40)55(51(47)37-43)41-20-8-3-9-21-41/h1-37H. The predicted octanol–water partition coefficient (Wildman–Crippen LogP) is 16.5. The summed E-state index contributed by atoms with van der Waals surface area (Å²) in [5.41, 5.74) is 13.1. The summed E-state index contributed by atoms with van der Waals surface area (Å²) in [7, 11) is 0. The average molecular weight is 756 g/mol. The van der Waals surface area contributed by atoms with Crippen molar-refractivity contribution in [1.29, 1.82) is 0 Å². The Morgan fingerprint density at radius 1 is 0.276 bits per heavy atom. The first-order chi connectivity index (χ1) is 28.8. The summed E-state index contributed by atoms with van der Waals surface area (Å²) in [5.74, 6) is 0. The number of hydrogen-bond acceptors (Lipinski definition) is 2. The molecule has 11 aromatic rings. The lowest BCUT2D eigenvalue weighted by molar-refractivity contribution is 1.30. The fraction of sp³-hybridized carbons (Fsp3) is 0. The Labute approximate surface area is 342 Å². The molecule has 10 aromatic carbocycles. The molecule has 0 spiro atoms. The van der Waals surface area contributed by atoms with Gasteiger partial charge in [0.05, 0.1) is 10.4 Å². The van der Waals surface area contributed by atoms with E-state index >= 15 is 0 Å². The molecule has 0 aliphatic carbocycles. The van der Waals surface area contributed by atoms with Crippen LogP contribution in [0.3, 0.4) is 0 Å². The van der Waals surface area contributed by atoms with E-state index in [0.29, 0.717) is 0 Å². The van der Waals surface area contributed by atoms with E-state index in [2.05, 4.69) is 229 Å². The summed E-state index contributed by atoms with van der Waals surface area (Å²) in [6.45, 7) is 0. The molecule has 0 saturated carbocycles. The molecular weight excluding hydrogens is 719 g/mol. The topological polar surface area (TPSA) is 3.24 Å². The SMILES string of the molecule is c1ccc(-c2ccc(N(c3cccc(-c4ccc5c(c4)c(-c4ccccc4)c(-c4ccccc4)c4ccccc45)c3)c3cccc4c3sc3ccccc34)cc2)cc1. The van der Waals surface area contributed by atoms with Crippen LogP contribution in [-0.2, 0) is 0 Å².